The molecule has 0 aliphatic carbocycles. The maximum atomic E-state index is 12.3. The van der Waals surface area contributed by atoms with E-state index < -0.39 is 5.60 Å². The van der Waals surface area contributed by atoms with E-state index in [0.717, 1.165) is 5.56 Å². The van der Waals surface area contributed by atoms with Crippen LogP contribution in [0.3, 0.4) is 0 Å². The van der Waals surface area contributed by atoms with Crippen molar-refractivity contribution in [1.82, 2.24) is 24.9 Å². The number of rotatable bonds is 6. The van der Waals surface area contributed by atoms with Crippen molar-refractivity contribution < 1.29 is 9.90 Å². The molecule has 3 aromatic rings. The number of hydrogen-bond donors (Lipinski definition) is 2. The molecule has 25 heavy (non-hydrogen) atoms. The van der Waals surface area contributed by atoms with Gasteiger partial charge in [-0.25, -0.2) is 0 Å². The van der Waals surface area contributed by atoms with Crippen LogP contribution in [-0.4, -0.2) is 37.1 Å². The van der Waals surface area contributed by atoms with Crippen LogP contribution in [0.25, 0.3) is 0 Å². The third-order valence-corrected chi connectivity index (χ3v) is 4.00. The van der Waals surface area contributed by atoms with Gasteiger partial charge in [-0.05, 0) is 12.5 Å². The van der Waals surface area contributed by atoms with Crippen LogP contribution in [0.15, 0.2) is 55.1 Å². The second-order valence-corrected chi connectivity index (χ2v) is 6.27. The van der Waals surface area contributed by atoms with Crippen LogP contribution in [0, 0.1) is 0 Å². The number of benzene rings is 1. The Hall–Kier alpha value is -2.93. The van der Waals surface area contributed by atoms with Crippen LogP contribution < -0.4 is 5.32 Å². The first-order chi connectivity index (χ1) is 11.9. The van der Waals surface area contributed by atoms with Crippen molar-refractivity contribution >= 4 is 5.91 Å². The standard InChI is InChI=1S/C18H21N5O2/c1-18(25,16-9-20-22(2)12-16)13-19-17(24)15-8-21-23(11-15)10-14-6-4-3-5-7-14/h3-9,11-12,25H,10,13H2,1-2H3,(H,19,24). The Balaban J connectivity index is 1.60. The zero-order valence-corrected chi connectivity index (χ0v) is 14.3. The van der Waals surface area contributed by atoms with Gasteiger partial charge in [0.1, 0.15) is 5.60 Å². The molecule has 1 amide bonds. The summed E-state index contributed by atoms with van der Waals surface area (Å²) in [4.78, 5) is 12.3. The number of hydrogen-bond acceptors (Lipinski definition) is 4. The third-order valence-electron chi connectivity index (χ3n) is 4.00. The first-order valence-corrected chi connectivity index (χ1v) is 8.00. The van der Waals surface area contributed by atoms with Crippen molar-refractivity contribution in [1.29, 1.82) is 0 Å². The summed E-state index contributed by atoms with van der Waals surface area (Å²) in [6.45, 7) is 2.33. The molecule has 0 fully saturated rings. The summed E-state index contributed by atoms with van der Waals surface area (Å²) in [6, 6.07) is 9.90. The van der Waals surface area contributed by atoms with Gasteiger partial charge >= 0.3 is 0 Å². The van der Waals surface area contributed by atoms with E-state index in [-0.39, 0.29) is 12.5 Å². The Labute approximate surface area is 145 Å². The molecule has 7 heteroatoms. The van der Waals surface area contributed by atoms with E-state index >= 15 is 0 Å². The van der Waals surface area contributed by atoms with Crippen LogP contribution in [0.1, 0.15) is 28.4 Å². The number of aryl methyl sites for hydroxylation is 1. The Bertz CT molecular complexity index is 851. The van der Waals surface area contributed by atoms with Crippen molar-refractivity contribution in [3.8, 4) is 0 Å². The first-order valence-electron chi connectivity index (χ1n) is 8.00. The summed E-state index contributed by atoms with van der Waals surface area (Å²) < 4.78 is 3.32. The Morgan fingerprint density at radius 2 is 1.96 bits per heavy atom. The molecule has 1 aromatic carbocycles. The third kappa shape index (κ3) is 4.13. The molecule has 2 N–H and O–H groups in total. The Kier molecular flexibility index (Phi) is 4.67. The molecule has 0 aliphatic rings. The second-order valence-electron chi connectivity index (χ2n) is 6.27. The number of aromatic nitrogens is 4. The normalized spacial score (nSPS) is 13.4. The highest BCUT2D eigenvalue weighted by molar-refractivity contribution is 5.93. The van der Waals surface area contributed by atoms with E-state index in [1.165, 1.54) is 6.20 Å². The smallest absolute Gasteiger partial charge is 0.254 e. The lowest BCUT2D eigenvalue weighted by atomic mass is 10.00. The fourth-order valence-electron chi connectivity index (χ4n) is 2.49. The largest absolute Gasteiger partial charge is 0.383 e. The number of amides is 1. The molecule has 0 bridgehead atoms. The minimum Gasteiger partial charge on any atom is -0.383 e. The van der Waals surface area contributed by atoms with Crippen molar-refractivity contribution in [3.63, 3.8) is 0 Å². The lowest BCUT2D eigenvalue weighted by Gasteiger charge is -2.22. The molecule has 0 spiro atoms. The van der Waals surface area contributed by atoms with Gasteiger partial charge in [-0.15, -0.1) is 0 Å². The monoisotopic (exact) mass is 339 g/mol. The molecule has 7 nitrogen and oxygen atoms in total. The fourth-order valence-corrected chi connectivity index (χ4v) is 2.49. The Morgan fingerprint density at radius 3 is 2.64 bits per heavy atom. The first kappa shape index (κ1) is 16.9. The molecule has 0 saturated heterocycles. The SMILES string of the molecule is Cn1cc(C(C)(O)CNC(=O)c2cnn(Cc3ccccc3)c2)cn1. The number of nitrogens with one attached hydrogen (secondary N) is 1. The van der Waals surface area contributed by atoms with Gasteiger partial charge in [0.25, 0.3) is 5.91 Å². The fraction of sp³-hybridized carbons (Fsp3) is 0.278. The van der Waals surface area contributed by atoms with E-state index in [1.54, 1.807) is 41.9 Å². The van der Waals surface area contributed by atoms with E-state index in [4.69, 9.17) is 0 Å². The molecule has 0 radical (unpaired) electrons. The topological polar surface area (TPSA) is 85.0 Å². The summed E-state index contributed by atoms with van der Waals surface area (Å²) >= 11 is 0. The summed E-state index contributed by atoms with van der Waals surface area (Å²) in [6.07, 6.45) is 6.53. The highest BCUT2D eigenvalue weighted by Crippen LogP contribution is 2.18. The zero-order chi connectivity index (χ0) is 17.9. The zero-order valence-electron chi connectivity index (χ0n) is 14.3. The predicted octanol–water partition coefficient (Wildman–Crippen LogP) is 1.30. The quantitative estimate of drug-likeness (QED) is 0.709. The number of nitrogens with zero attached hydrogens (tertiary/aromatic N) is 4. The molecule has 2 heterocycles. The van der Waals surface area contributed by atoms with Crippen molar-refractivity contribution in [2.24, 2.45) is 7.05 Å². The van der Waals surface area contributed by atoms with Gasteiger partial charge in [-0.1, -0.05) is 30.3 Å². The maximum Gasteiger partial charge on any atom is 0.254 e. The lowest BCUT2D eigenvalue weighted by Crippen LogP contribution is -2.38. The number of carbonyl (C=O) groups is 1. The van der Waals surface area contributed by atoms with E-state index in [2.05, 4.69) is 15.5 Å². The van der Waals surface area contributed by atoms with Gasteiger partial charge in [-0.3, -0.25) is 14.2 Å². The maximum absolute atomic E-state index is 12.3. The summed E-state index contributed by atoms with van der Waals surface area (Å²) in [7, 11) is 1.78. The molecule has 0 aliphatic heterocycles. The predicted molar refractivity (Wildman–Crippen MR) is 92.9 cm³/mol. The van der Waals surface area contributed by atoms with Crippen LogP contribution >= 0.6 is 0 Å². The second kappa shape index (κ2) is 6.90. The van der Waals surface area contributed by atoms with Crippen molar-refractivity contribution in [2.45, 2.75) is 19.1 Å². The van der Waals surface area contributed by atoms with Gasteiger partial charge in [0.05, 0.1) is 31.0 Å². The van der Waals surface area contributed by atoms with Crippen LogP contribution in [0.4, 0.5) is 0 Å². The average molecular weight is 339 g/mol. The summed E-state index contributed by atoms with van der Waals surface area (Å²) in [5, 5.41) is 21.5. The van der Waals surface area contributed by atoms with Crippen LogP contribution in [-0.2, 0) is 19.2 Å². The van der Waals surface area contributed by atoms with Gasteiger partial charge in [0.2, 0.25) is 0 Å². The highest BCUT2D eigenvalue weighted by atomic mass is 16.3. The van der Waals surface area contributed by atoms with Gasteiger partial charge in [0, 0.05) is 25.0 Å². The van der Waals surface area contributed by atoms with Crippen LogP contribution in [0.5, 0.6) is 0 Å². The van der Waals surface area contributed by atoms with Crippen molar-refractivity contribution in [3.05, 3.63) is 71.8 Å². The molecule has 3 rings (SSSR count). The minimum absolute atomic E-state index is 0.0847. The molecule has 130 valence electrons. The van der Waals surface area contributed by atoms with Gasteiger partial charge in [0.15, 0.2) is 0 Å². The summed E-state index contributed by atoms with van der Waals surface area (Å²) in [5.41, 5.74) is 1.02. The van der Waals surface area contributed by atoms with Gasteiger partial charge < -0.3 is 10.4 Å². The summed E-state index contributed by atoms with van der Waals surface area (Å²) in [5.74, 6) is -0.275. The molecular weight excluding hydrogens is 318 g/mol. The van der Waals surface area contributed by atoms with E-state index in [0.29, 0.717) is 17.7 Å². The number of aliphatic hydroxyl groups is 1. The molecule has 1 unspecified atom stereocenters. The molecular formula is C18H21N5O2. The molecule has 2 aromatic heterocycles. The van der Waals surface area contributed by atoms with E-state index in [9.17, 15) is 9.90 Å². The minimum atomic E-state index is -1.19. The van der Waals surface area contributed by atoms with Gasteiger partial charge in [-0.2, -0.15) is 10.2 Å². The highest BCUT2D eigenvalue weighted by Gasteiger charge is 2.25. The lowest BCUT2D eigenvalue weighted by molar-refractivity contribution is 0.0526. The average Bonchev–Trinajstić information content (AvgIpc) is 3.23. The van der Waals surface area contributed by atoms with Crippen LogP contribution in [0.2, 0.25) is 0 Å². The molecule has 1 atom stereocenters. The van der Waals surface area contributed by atoms with E-state index in [1.807, 2.05) is 30.3 Å². The Morgan fingerprint density at radius 1 is 1.20 bits per heavy atom. The van der Waals surface area contributed by atoms with Crippen molar-refractivity contribution in [2.75, 3.05) is 6.54 Å². The number of carbonyl (C=O) groups excluding carboxylic acids is 1. The molecule has 0 saturated carbocycles.